The maximum absolute atomic E-state index is 12.0. The van der Waals surface area contributed by atoms with Crippen LogP contribution in [0.1, 0.15) is 36.2 Å². The number of nitrogens with one attached hydrogen (secondary N) is 1. The summed E-state index contributed by atoms with van der Waals surface area (Å²) in [5, 5.41) is 11.4. The van der Waals surface area contributed by atoms with Crippen molar-refractivity contribution < 1.29 is 14.7 Å². The minimum absolute atomic E-state index is 0.132. The third-order valence-corrected chi connectivity index (χ3v) is 2.58. The standard InChI is InChI=1S/C13H18N2O3/c1-8-6-9(4-5-10(8)14)12(18)15-13(2,3)7-11(16)17/h4-6H,7,14H2,1-3H3,(H,15,18)(H,16,17). The molecule has 0 saturated heterocycles. The van der Waals surface area contributed by atoms with Crippen molar-refractivity contribution in [1.29, 1.82) is 0 Å². The Morgan fingerprint density at radius 2 is 2.00 bits per heavy atom. The van der Waals surface area contributed by atoms with Gasteiger partial charge in [-0.25, -0.2) is 0 Å². The molecule has 0 saturated carbocycles. The van der Waals surface area contributed by atoms with E-state index in [0.29, 0.717) is 11.3 Å². The molecule has 0 radical (unpaired) electrons. The first-order valence-electron chi connectivity index (χ1n) is 5.62. The van der Waals surface area contributed by atoms with Gasteiger partial charge in [0, 0.05) is 16.8 Å². The van der Waals surface area contributed by atoms with Crippen LogP contribution in [0, 0.1) is 6.92 Å². The van der Waals surface area contributed by atoms with Crippen molar-refractivity contribution in [2.45, 2.75) is 32.7 Å². The van der Waals surface area contributed by atoms with Gasteiger partial charge in [0.05, 0.1) is 6.42 Å². The molecule has 1 amide bonds. The summed E-state index contributed by atoms with van der Waals surface area (Å²) in [7, 11) is 0. The Balaban J connectivity index is 2.82. The summed E-state index contributed by atoms with van der Waals surface area (Å²) >= 11 is 0. The van der Waals surface area contributed by atoms with E-state index in [2.05, 4.69) is 5.32 Å². The van der Waals surface area contributed by atoms with Crippen molar-refractivity contribution in [1.82, 2.24) is 5.32 Å². The quantitative estimate of drug-likeness (QED) is 0.707. The van der Waals surface area contributed by atoms with Crippen LogP contribution >= 0.6 is 0 Å². The van der Waals surface area contributed by atoms with Crippen LogP contribution in [0.25, 0.3) is 0 Å². The number of aliphatic carboxylic acids is 1. The first-order chi connectivity index (χ1) is 8.21. The first-order valence-corrected chi connectivity index (χ1v) is 5.62. The van der Waals surface area contributed by atoms with Crippen LogP contribution in [0.15, 0.2) is 18.2 Å². The predicted octanol–water partition coefficient (Wildman–Crippen LogP) is 1.56. The van der Waals surface area contributed by atoms with Crippen LogP contribution in [0.2, 0.25) is 0 Å². The normalized spacial score (nSPS) is 11.1. The lowest BCUT2D eigenvalue weighted by Crippen LogP contribution is -2.44. The van der Waals surface area contributed by atoms with E-state index in [1.165, 1.54) is 0 Å². The van der Waals surface area contributed by atoms with E-state index >= 15 is 0 Å². The van der Waals surface area contributed by atoms with Gasteiger partial charge in [-0.05, 0) is 44.5 Å². The van der Waals surface area contributed by atoms with Gasteiger partial charge in [0.1, 0.15) is 0 Å². The number of nitrogen functional groups attached to an aromatic ring is 1. The molecule has 1 rings (SSSR count). The second kappa shape index (κ2) is 5.08. The molecule has 0 bridgehead atoms. The highest BCUT2D eigenvalue weighted by Gasteiger charge is 2.24. The van der Waals surface area contributed by atoms with Gasteiger partial charge in [-0.15, -0.1) is 0 Å². The summed E-state index contributed by atoms with van der Waals surface area (Å²) in [6.45, 7) is 5.15. The molecule has 1 aromatic rings. The molecule has 0 fully saturated rings. The van der Waals surface area contributed by atoms with Crippen molar-refractivity contribution in [2.75, 3.05) is 5.73 Å². The Morgan fingerprint density at radius 1 is 1.39 bits per heavy atom. The molecule has 5 nitrogen and oxygen atoms in total. The monoisotopic (exact) mass is 250 g/mol. The van der Waals surface area contributed by atoms with Gasteiger partial charge in [0.2, 0.25) is 0 Å². The smallest absolute Gasteiger partial charge is 0.305 e. The highest BCUT2D eigenvalue weighted by Crippen LogP contribution is 2.15. The van der Waals surface area contributed by atoms with Crippen LogP contribution in [0.4, 0.5) is 5.69 Å². The Hall–Kier alpha value is -2.04. The number of carboxylic acid groups (broad SMARTS) is 1. The zero-order chi connectivity index (χ0) is 13.9. The van der Waals surface area contributed by atoms with Crippen molar-refractivity contribution in [3.8, 4) is 0 Å². The van der Waals surface area contributed by atoms with Crippen molar-refractivity contribution in [2.24, 2.45) is 0 Å². The zero-order valence-corrected chi connectivity index (χ0v) is 10.8. The number of hydrogen-bond donors (Lipinski definition) is 3. The highest BCUT2D eigenvalue weighted by molar-refractivity contribution is 5.95. The lowest BCUT2D eigenvalue weighted by molar-refractivity contribution is -0.138. The molecule has 0 aromatic heterocycles. The number of hydrogen-bond acceptors (Lipinski definition) is 3. The van der Waals surface area contributed by atoms with E-state index in [0.717, 1.165) is 5.56 Å². The molecular formula is C13H18N2O3. The summed E-state index contributed by atoms with van der Waals surface area (Å²) in [5.74, 6) is -1.25. The zero-order valence-electron chi connectivity index (χ0n) is 10.8. The molecular weight excluding hydrogens is 232 g/mol. The average Bonchev–Trinajstić information content (AvgIpc) is 2.19. The Bertz CT molecular complexity index is 481. The number of carboxylic acids is 1. The maximum atomic E-state index is 12.0. The third-order valence-electron chi connectivity index (χ3n) is 2.58. The summed E-state index contributed by atoms with van der Waals surface area (Å²) in [5.41, 5.74) is 6.79. The molecule has 0 aliphatic carbocycles. The van der Waals surface area contributed by atoms with Gasteiger partial charge in [-0.2, -0.15) is 0 Å². The van der Waals surface area contributed by atoms with E-state index in [9.17, 15) is 9.59 Å². The van der Waals surface area contributed by atoms with Crippen LogP contribution in [-0.2, 0) is 4.79 Å². The summed E-state index contributed by atoms with van der Waals surface area (Å²) in [4.78, 5) is 22.6. The molecule has 0 unspecified atom stereocenters. The second-order valence-electron chi connectivity index (χ2n) is 4.98. The summed E-state index contributed by atoms with van der Waals surface area (Å²) in [6.07, 6.45) is -0.132. The fourth-order valence-electron chi connectivity index (χ4n) is 1.62. The summed E-state index contributed by atoms with van der Waals surface area (Å²) in [6, 6.07) is 4.96. The number of rotatable bonds is 4. The molecule has 0 atom stereocenters. The minimum Gasteiger partial charge on any atom is -0.481 e. The molecule has 0 heterocycles. The fourth-order valence-corrected chi connectivity index (χ4v) is 1.62. The van der Waals surface area contributed by atoms with Crippen molar-refractivity contribution in [3.05, 3.63) is 29.3 Å². The summed E-state index contributed by atoms with van der Waals surface area (Å²) < 4.78 is 0. The maximum Gasteiger partial charge on any atom is 0.305 e. The van der Waals surface area contributed by atoms with E-state index in [4.69, 9.17) is 10.8 Å². The molecule has 18 heavy (non-hydrogen) atoms. The van der Waals surface area contributed by atoms with Crippen LogP contribution < -0.4 is 11.1 Å². The highest BCUT2D eigenvalue weighted by atomic mass is 16.4. The number of amides is 1. The van der Waals surface area contributed by atoms with Gasteiger partial charge in [-0.3, -0.25) is 9.59 Å². The van der Waals surface area contributed by atoms with E-state index in [1.807, 2.05) is 6.92 Å². The largest absolute Gasteiger partial charge is 0.481 e. The molecule has 4 N–H and O–H groups in total. The molecule has 0 aliphatic rings. The number of anilines is 1. The fraction of sp³-hybridized carbons (Fsp3) is 0.385. The van der Waals surface area contributed by atoms with E-state index in [1.54, 1.807) is 32.0 Å². The van der Waals surface area contributed by atoms with Crippen LogP contribution in [0.5, 0.6) is 0 Å². The van der Waals surface area contributed by atoms with E-state index < -0.39 is 11.5 Å². The molecule has 1 aromatic carbocycles. The molecule has 0 aliphatic heterocycles. The van der Waals surface area contributed by atoms with Crippen LogP contribution in [0.3, 0.4) is 0 Å². The lowest BCUT2D eigenvalue weighted by atomic mass is 9.99. The van der Waals surface area contributed by atoms with Gasteiger partial charge in [0.15, 0.2) is 0 Å². The molecule has 5 heteroatoms. The Kier molecular flexibility index (Phi) is 3.96. The van der Waals surface area contributed by atoms with Gasteiger partial charge >= 0.3 is 5.97 Å². The number of benzene rings is 1. The van der Waals surface area contributed by atoms with E-state index in [-0.39, 0.29) is 12.3 Å². The van der Waals surface area contributed by atoms with Crippen molar-refractivity contribution >= 4 is 17.6 Å². The van der Waals surface area contributed by atoms with Gasteiger partial charge in [0.25, 0.3) is 5.91 Å². The average molecular weight is 250 g/mol. The number of carbonyl (C=O) groups excluding carboxylic acids is 1. The Morgan fingerprint density at radius 3 is 2.50 bits per heavy atom. The van der Waals surface area contributed by atoms with Gasteiger partial charge < -0.3 is 16.2 Å². The van der Waals surface area contributed by atoms with Gasteiger partial charge in [-0.1, -0.05) is 0 Å². The third kappa shape index (κ3) is 3.76. The molecule has 0 spiro atoms. The van der Waals surface area contributed by atoms with Crippen LogP contribution in [-0.4, -0.2) is 22.5 Å². The topological polar surface area (TPSA) is 92.4 Å². The first kappa shape index (κ1) is 14.0. The lowest BCUT2D eigenvalue weighted by Gasteiger charge is -2.24. The number of aryl methyl sites for hydroxylation is 1. The number of nitrogens with two attached hydrogens (primary N) is 1. The SMILES string of the molecule is Cc1cc(C(=O)NC(C)(C)CC(=O)O)ccc1N. The Labute approximate surface area is 106 Å². The minimum atomic E-state index is -0.950. The second-order valence-corrected chi connectivity index (χ2v) is 4.98. The number of carbonyl (C=O) groups is 2. The molecule has 98 valence electrons. The predicted molar refractivity (Wildman–Crippen MR) is 69.4 cm³/mol. The van der Waals surface area contributed by atoms with Crippen molar-refractivity contribution in [3.63, 3.8) is 0 Å².